The highest BCUT2D eigenvalue weighted by Crippen LogP contribution is 2.33. The molecule has 0 spiro atoms. The Kier molecular flexibility index (Phi) is 4.81. The molecule has 0 saturated heterocycles. The van der Waals surface area contributed by atoms with Gasteiger partial charge in [0, 0.05) is 5.56 Å². The zero-order valence-electron chi connectivity index (χ0n) is 12.5. The molecule has 4 nitrogen and oxygen atoms in total. The second-order valence-corrected chi connectivity index (χ2v) is 6.13. The second-order valence-electron chi connectivity index (χ2n) is 5.32. The zero-order chi connectivity index (χ0) is 18.2. The predicted molar refractivity (Wildman–Crippen MR) is 87.6 cm³/mol. The van der Waals surface area contributed by atoms with Crippen molar-refractivity contribution in [3.8, 4) is 5.75 Å². The van der Waals surface area contributed by atoms with E-state index in [9.17, 15) is 18.3 Å². The van der Waals surface area contributed by atoms with E-state index < -0.39 is 11.7 Å². The maximum absolute atomic E-state index is 12.6. The van der Waals surface area contributed by atoms with Crippen LogP contribution in [0.4, 0.5) is 13.2 Å². The van der Waals surface area contributed by atoms with Crippen LogP contribution in [0.1, 0.15) is 16.7 Å². The number of alkyl halides is 3. The lowest BCUT2D eigenvalue weighted by atomic mass is 10.1. The molecule has 0 amide bonds. The molecule has 1 heterocycles. The third kappa shape index (κ3) is 4.00. The Morgan fingerprint density at radius 2 is 1.72 bits per heavy atom. The molecule has 0 saturated carbocycles. The molecule has 0 atom stereocenters. The first kappa shape index (κ1) is 17.8. The quantitative estimate of drug-likeness (QED) is 0.812. The molecule has 1 aliphatic heterocycles. The fraction of sp³-hybridized carbons (Fsp3) is 0.188. The summed E-state index contributed by atoms with van der Waals surface area (Å²) in [5.74, 6) is 0.0306. The lowest BCUT2D eigenvalue weighted by molar-refractivity contribution is -0.137. The van der Waals surface area contributed by atoms with Crippen LogP contribution in [-0.2, 0) is 17.6 Å². The van der Waals surface area contributed by atoms with E-state index in [4.69, 9.17) is 28.0 Å². The van der Waals surface area contributed by atoms with Gasteiger partial charge in [0.2, 0.25) is 5.90 Å². The van der Waals surface area contributed by atoms with Gasteiger partial charge in [-0.1, -0.05) is 35.3 Å². The van der Waals surface area contributed by atoms with Crippen LogP contribution in [0.3, 0.4) is 0 Å². The Morgan fingerprint density at radius 3 is 2.28 bits per heavy atom. The van der Waals surface area contributed by atoms with Crippen LogP contribution in [0.15, 0.2) is 41.4 Å². The molecule has 132 valence electrons. The minimum Gasteiger partial charge on any atom is -0.505 e. The summed E-state index contributed by atoms with van der Waals surface area (Å²) in [6.07, 6.45) is -4.36. The Labute approximate surface area is 151 Å². The summed E-state index contributed by atoms with van der Waals surface area (Å²) in [6, 6.07) is 7.74. The highest BCUT2D eigenvalue weighted by Gasteiger charge is 2.30. The summed E-state index contributed by atoms with van der Waals surface area (Å²) in [5.41, 5.74) is 0.429. The fourth-order valence-corrected chi connectivity index (χ4v) is 2.73. The number of benzene rings is 2. The number of aliphatic imine (C=N–C) groups is 1. The van der Waals surface area contributed by atoms with Gasteiger partial charge in [-0.05, 0) is 29.8 Å². The third-order valence-electron chi connectivity index (χ3n) is 3.49. The molecule has 0 aliphatic carbocycles. The number of nitrogens with zero attached hydrogens (tertiary/aromatic N) is 2. The molecule has 0 unspecified atom stereocenters. The van der Waals surface area contributed by atoms with Crippen molar-refractivity contribution < 1.29 is 23.1 Å². The average Bonchev–Trinajstić information content (AvgIpc) is 3.00. The second kappa shape index (κ2) is 6.74. The smallest absolute Gasteiger partial charge is 0.416 e. The van der Waals surface area contributed by atoms with Crippen molar-refractivity contribution in [1.82, 2.24) is 5.06 Å². The van der Waals surface area contributed by atoms with Gasteiger partial charge in [0.25, 0.3) is 0 Å². The van der Waals surface area contributed by atoms with Crippen LogP contribution >= 0.6 is 23.2 Å². The van der Waals surface area contributed by atoms with Gasteiger partial charge in [-0.2, -0.15) is 13.2 Å². The highest BCUT2D eigenvalue weighted by molar-refractivity contribution is 6.37. The van der Waals surface area contributed by atoms with E-state index in [2.05, 4.69) is 4.99 Å². The molecular formula is C16H11Cl2F3N2O2. The first-order valence-corrected chi connectivity index (χ1v) is 7.81. The van der Waals surface area contributed by atoms with Gasteiger partial charge < -0.3 is 9.94 Å². The van der Waals surface area contributed by atoms with Crippen molar-refractivity contribution in [3.05, 3.63) is 63.1 Å². The summed E-state index contributed by atoms with van der Waals surface area (Å²) in [4.78, 5) is 9.75. The minimum atomic E-state index is -4.36. The van der Waals surface area contributed by atoms with E-state index in [1.165, 1.54) is 29.3 Å². The molecule has 0 aromatic heterocycles. The number of aromatic hydroxyl groups is 1. The molecular weight excluding hydrogens is 380 g/mol. The normalized spacial score (nSPS) is 15.2. The molecule has 2 aromatic carbocycles. The average molecular weight is 391 g/mol. The molecule has 2 aromatic rings. The molecule has 0 fully saturated rings. The van der Waals surface area contributed by atoms with E-state index in [0.29, 0.717) is 11.1 Å². The van der Waals surface area contributed by atoms with Crippen molar-refractivity contribution in [2.45, 2.75) is 12.7 Å². The van der Waals surface area contributed by atoms with E-state index in [0.717, 1.165) is 12.1 Å². The first-order chi connectivity index (χ1) is 11.7. The minimum absolute atomic E-state index is 0.0648. The third-order valence-corrected chi connectivity index (χ3v) is 4.07. The number of hydrogen-bond donors (Lipinski definition) is 1. The summed E-state index contributed by atoms with van der Waals surface area (Å²) in [7, 11) is 0. The van der Waals surface area contributed by atoms with Crippen molar-refractivity contribution in [2.24, 2.45) is 4.99 Å². The number of phenols is 1. The molecule has 25 heavy (non-hydrogen) atoms. The van der Waals surface area contributed by atoms with Crippen LogP contribution in [0.2, 0.25) is 10.0 Å². The van der Waals surface area contributed by atoms with Crippen molar-refractivity contribution in [2.75, 3.05) is 6.67 Å². The van der Waals surface area contributed by atoms with E-state index >= 15 is 0 Å². The lowest BCUT2D eigenvalue weighted by Gasteiger charge is -2.15. The maximum Gasteiger partial charge on any atom is 0.416 e. The first-order valence-electron chi connectivity index (χ1n) is 7.06. The van der Waals surface area contributed by atoms with Crippen molar-refractivity contribution >= 4 is 29.1 Å². The Bertz CT molecular complexity index is 800. The van der Waals surface area contributed by atoms with Gasteiger partial charge >= 0.3 is 6.18 Å². The van der Waals surface area contributed by atoms with Gasteiger partial charge in [-0.3, -0.25) is 0 Å². The van der Waals surface area contributed by atoms with Crippen LogP contribution in [0.25, 0.3) is 0 Å². The predicted octanol–water partition coefficient (Wildman–Crippen LogP) is 4.87. The van der Waals surface area contributed by atoms with E-state index in [1.54, 1.807) is 0 Å². The van der Waals surface area contributed by atoms with Gasteiger partial charge in [-0.25, -0.2) is 4.99 Å². The lowest BCUT2D eigenvalue weighted by Crippen LogP contribution is -2.20. The van der Waals surface area contributed by atoms with Crippen LogP contribution in [0, 0.1) is 0 Å². The maximum atomic E-state index is 12.6. The molecule has 1 aliphatic rings. The Balaban J connectivity index is 1.67. The molecule has 0 bridgehead atoms. The van der Waals surface area contributed by atoms with Crippen LogP contribution in [-0.4, -0.2) is 22.7 Å². The van der Waals surface area contributed by atoms with Crippen molar-refractivity contribution in [3.63, 3.8) is 0 Å². The largest absolute Gasteiger partial charge is 0.505 e. The number of rotatable bonds is 3. The monoisotopic (exact) mass is 390 g/mol. The molecule has 3 rings (SSSR count). The SMILES string of the molecule is Oc1c(Cl)cc(C2=NCN(Cc3ccc(C(F)(F)F)cc3)O2)cc1Cl. The summed E-state index contributed by atoms with van der Waals surface area (Å²) in [5, 5.41) is 11.2. The Hall–Kier alpha value is -1.96. The van der Waals surface area contributed by atoms with E-state index in [1.807, 2.05) is 0 Å². The number of hydrogen-bond acceptors (Lipinski definition) is 4. The fourth-order valence-electron chi connectivity index (χ4n) is 2.24. The summed E-state index contributed by atoms with van der Waals surface area (Å²) >= 11 is 11.7. The Morgan fingerprint density at radius 1 is 1.12 bits per heavy atom. The van der Waals surface area contributed by atoms with Gasteiger partial charge in [0.15, 0.2) is 5.75 Å². The number of halogens is 5. The standard InChI is InChI=1S/C16H11Cl2F3N2O2/c17-12-5-10(6-13(18)14(12)24)15-22-8-23(25-15)7-9-1-3-11(4-2-9)16(19,20)21/h1-6,24H,7-8H2. The number of hydroxylamine groups is 2. The highest BCUT2D eigenvalue weighted by atomic mass is 35.5. The van der Waals surface area contributed by atoms with Gasteiger partial charge in [-0.15, -0.1) is 5.06 Å². The van der Waals surface area contributed by atoms with Crippen molar-refractivity contribution in [1.29, 1.82) is 0 Å². The van der Waals surface area contributed by atoms with Crippen LogP contribution < -0.4 is 0 Å². The summed E-state index contributed by atoms with van der Waals surface area (Å²) in [6.45, 7) is 0.456. The number of phenolic OH excluding ortho intramolecular Hbond substituents is 1. The van der Waals surface area contributed by atoms with Gasteiger partial charge in [0.1, 0.15) is 6.67 Å². The van der Waals surface area contributed by atoms with E-state index in [-0.39, 0.29) is 34.9 Å². The van der Waals surface area contributed by atoms with Crippen LogP contribution in [0.5, 0.6) is 5.75 Å². The summed E-state index contributed by atoms with van der Waals surface area (Å²) < 4.78 is 37.7. The van der Waals surface area contributed by atoms with Gasteiger partial charge in [0.05, 0.1) is 22.2 Å². The molecule has 1 N–H and O–H groups in total. The zero-order valence-corrected chi connectivity index (χ0v) is 14.0. The molecule has 0 radical (unpaired) electrons. The topological polar surface area (TPSA) is 45.1 Å². The molecule has 9 heteroatoms.